The lowest BCUT2D eigenvalue weighted by Gasteiger charge is -2.26. The summed E-state index contributed by atoms with van der Waals surface area (Å²) in [5, 5.41) is 2.71. The summed E-state index contributed by atoms with van der Waals surface area (Å²) in [4.78, 5) is 16.3. The van der Waals surface area contributed by atoms with Crippen LogP contribution in [0, 0.1) is 6.57 Å². The van der Waals surface area contributed by atoms with Gasteiger partial charge in [-0.3, -0.25) is 9.69 Å². The van der Waals surface area contributed by atoms with Crippen molar-refractivity contribution in [1.29, 1.82) is 0 Å². The Balaban J connectivity index is 1.96. The van der Waals surface area contributed by atoms with Crippen molar-refractivity contribution in [2.45, 2.75) is 6.42 Å². The predicted molar refractivity (Wildman–Crippen MR) is 56.4 cm³/mol. The molecule has 0 saturated carbocycles. The van der Waals surface area contributed by atoms with E-state index in [9.17, 15) is 4.79 Å². The molecule has 84 valence electrons. The summed E-state index contributed by atoms with van der Waals surface area (Å²) in [6.45, 7) is 11.7. The van der Waals surface area contributed by atoms with E-state index in [0.717, 1.165) is 39.3 Å². The molecular weight excluding hydrogens is 194 g/mol. The van der Waals surface area contributed by atoms with Crippen molar-refractivity contribution in [2.75, 3.05) is 45.9 Å². The molecule has 0 aromatic carbocycles. The largest absolute Gasteiger partial charge is 0.379 e. The number of hydrogen-bond acceptors (Lipinski definition) is 3. The van der Waals surface area contributed by atoms with Crippen LogP contribution in [0.15, 0.2) is 0 Å². The first-order chi connectivity index (χ1) is 7.33. The first kappa shape index (κ1) is 12.0. The van der Waals surface area contributed by atoms with Gasteiger partial charge in [-0.05, 0) is 13.0 Å². The second-order valence-corrected chi connectivity index (χ2v) is 3.47. The minimum absolute atomic E-state index is 0.0580. The fourth-order valence-corrected chi connectivity index (χ4v) is 1.48. The quantitative estimate of drug-likeness (QED) is 0.503. The average molecular weight is 211 g/mol. The summed E-state index contributed by atoms with van der Waals surface area (Å²) in [5.74, 6) is -0.174. The monoisotopic (exact) mass is 211 g/mol. The first-order valence-corrected chi connectivity index (χ1v) is 5.23. The zero-order valence-electron chi connectivity index (χ0n) is 8.87. The smallest absolute Gasteiger partial charge is 0.300 e. The molecule has 5 heteroatoms. The second kappa shape index (κ2) is 7.21. The standard InChI is InChI=1S/C10H17N3O2/c1-11-9-10(14)12-3-2-4-13-5-7-15-8-6-13/h2-9H2,(H,12,14). The van der Waals surface area contributed by atoms with Crippen molar-refractivity contribution < 1.29 is 9.53 Å². The number of hydrogen-bond donors (Lipinski definition) is 1. The normalized spacial score (nSPS) is 17.0. The highest BCUT2D eigenvalue weighted by Gasteiger charge is 2.09. The van der Waals surface area contributed by atoms with Crippen molar-refractivity contribution >= 4 is 5.91 Å². The molecule has 0 unspecified atom stereocenters. The molecule has 1 heterocycles. The molecule has 0 aromatic rings. The highest BCUT2D eigenvalue weighted by molar-refractivity contribution is 5.79. The van der Waals surface area contributed by atoms with Crippen molar-refractivity contribution in [2.24, 2.45) is 0 Å². The van der Waals surface area contributed by atoms with Crippen molar-refractivity contribution in [3.63, 3.8) is 0 Å². The Morgan fingerprint density at radius 1 is 1.47 bits per heavy atom. The lowest BCUT2D eigenvalue weighted by Crippen LogP contribution is -2.38. The lowest BCUT2D eigenvalue weighted by atomic mass is 10.3. The summed E-state index contributed by atoms with van der Waals surface area (Å²) in [5.41, 5.74) is 0. The van der Waals surface area contributed by atoms with Crippen LogP contribution in [0.2, 0.25) is 0 Å². The molecular formula is C10H17N3O2. The lowest BCUT2D eigenvalue weighted by molar-refractivity contribution is -0.119. The van der Waals surface area contributed by atoms with Crippen LogP contribution in [0.5, 0.6) is 0 Å². The molecule has 15 heavy (non-hydrogen) atoms. The fourth-order valence-electron chi connectivity index (χ4n) is 1.48. The molecule has 1 fully saturated rings. The number of nitrogens with one attached hydrogen (secondary N) is 1. The number of amides is 1. The summed E-state index contributed by atoms with van der Waals surface area (Å²) in [6.07, 6.45) is 0.934. The second-order valence-electron chi connectivity index (χ2n) is 3.47. The highest BCUT2D eigenvalue weighted by Crippen LogP contribution is 1.97. The van der Waals surface area contributed by atoms with Gasteiger partial charge in [0, 0.05) is 19.6 Å². The van der Waals surface area contributed by atoms with E-state index >= 15 is 0 Å². The number of carbonyl (C=O) groups excluding carboxylic acids is 1. The van der Waals surface area contributed by atoms with Crippen LogP contribution in [0.1, 0.15) is 6.42 Å². The van der Waals surface area contributed by atoms with Crippen molar-refractivity contribution in [3.8, 4) is 0 Å². The minimum atomic E-state index is -0.174. The Labute approximate surface area is 90.2 Å². The van der Waals surface area contributed by atoms with Gasteiger partial charge in [0.05, 0.1) is 13.2 Å². The number of nitrogens with zero attached hydrogens (tertiary/aromatic N) is 2. The summed E-state index contributed by atoms with van der Waals surface area (Å²) >= 11 is 0. The Hall–Kier alpha value is -1.12. The average Bonchev–Trinajstić information content (AvgIpc) is 2.26. The van der Waals surface area contributed by atoms with Crippen LogP contribution < -0.4 is 5.32 Å². The molecule has 1 saturated heterocycles. The highest BCUT2D eigenvalue weighted by atomic mass is 16.5. The number of ether oxygens (including phenoxy) is 1. The van der Waals surface area contributed by atoms with Crippen LogP contribution in [-0.2, 0) is 9.53 Å². The topological polar surface area (TPSA) is 45.9 Å². The van der Waals surface area contributed by atoms with E-state index in [1.165, 1.54) is 0 Å². The molecule has 0 aromatic heterocycles. The molecule has 0 aliphatic carbocycles. The van der Waals surface area contributed by atoms with Gasteiger partial charge in [-0.2, -0.15) is 0 Å². The van der Waals surface area contributed by atoms with Crippen LogP contribution in [0.25, 0.3) is 4.85 Å². The number of carbonyl (C=O) groups is 1. The Bertz CT molecular complexity index is 231. The molecule has 1 rings (SSSR count). The number of rotatable bonds is 5. The van der Waals surface area contributed by atoms with Crippen LogP contribution in [-0.4, -0.2) is 56.7 Å². The minimum Gasteiger partial charge on any atom is -0.379 e. The molecule has 1 amide bonds. The molecule has 0 radical (unpaired) electrons. The van der Waals surface area contributed by atoms with E-state index in [-0.39, 0.29) is 12.5 Å². The zero-order chi connectivity index (χ0) is 10.9. The van der Waals surface area contributed by atoms with Crippen LogP contribution in [0.3, 0.4) is 0 Å². The SMILES string of the molecule is [C-]#[N+]CC(=O)NCCCN1CCOCC1. The maximum absolute atomic E-state index is 10.9. The molecule has 5 nitrogen and oxygen atoms in total. The zero-order valence-corrected chi connectivity index (χ0v) is 8.87. The van der Waals surface area contributed by atoms with E-state index in [1.54, 1.807) is 0 Å². The van der Waals surface area contributed by atoms with Gasteiger partial charge in [-0.1, -0.05) is 0 Å². The van der Waals surface area contributed by atoms with Crippen LogP contribution in [0.4, 0.5) is 0 Å². The van der Waals surface area contributed by atoms with E-state index in [1.807, 2.05) is 0 Å². The molecule has 0 bridgehead atoms. The molecule has 0 atom stereocenters. The Morgan fingerprint density at radius 3 is 2.87 bits per heavy atom. The summed E-state index contributed by atoms with van der Waals surface area (Å²) < 4.78 is 5.23. The van der Waals surface area contributed by atoms with E-state index in [2.05, 4.69) is 15.1 Å². The third-order valence-electron chi connectivity index (χ3n) is 2.30. The van der Waals surface area contributed by atoms with Gasteiger partial charge < -0.3 is 14.9 Å². The Kier molecular flexibility index (Phi) is 5.74. The maximum atomic E-state index is 10.9. The van der Waals surface area contributed by atoms with Gasteiger partial charge >= 0.3 is 0 Å². The van der Waals surface area contributed by atoms with Crippen molar-refractivity contribution in [3.05, 3.63) is 11.4 Å². The van der Waals surface area contributed by atoms with Gasteiger partial charge in [0.25, 0.3) is 12.5 Å². The third-order valence-corrected chi connectivity index (χ3v) is 2.30. The first-order valence-electron chi connectivity index (χ1n) is 5.23. The number of morpholine rings is 1. The molecule has 1 aliphatic heterocycles. The van der Waals surface area contributed by atoms with Gasteiger partial charge in [0.15, 0.2) is 0 Å². The summed E-state index contributed by atoms with van der Waals surface area (Å²) in [6, 6.07) is 0. The van der Waals surface area contributed by atoms with Crippen LogP contribution >= 0.6 is 0 Å². The van der Waals surface area contributed by atoms with Gasteiger partial charge in [0.2, 0.25) is 0 Å². The Morgan fingerprint density at radius 2 is 2.20 bits per heavy atom. The van der Waals surface area contributed by atoms with Gasteiger partial charge in [0.1, 0.15) is 0 Å². The van der Waals surface area contributed by atoms with E-state index in [0.29, 0.717) is 6.54 Å². The predicted octanol–water partition coefficient (Wildman–Crippen LogP) is -0.256. The third kappa shape index (κ3) is 5.35. The summed E-state index contributed by atoms with van der Waals surface area (Å²) in [7, 11) is 0. The van der Waals surface area contributed by atoms with Gasteiger partial charge in [-0.15, -0.1) is 0 Å². The molecule has 1 N–H and O–H groups in total. The van der Waals surface area contributed by atoms with E-state index in [4.69, 9.17) is 11.3 Å². The molecule has 0 spiro atoms. The fraction of sp³-hybridized carbons (Fsp3) is 0.800. The maximum Gasteiger partial charge on any atom is 0.300 e. The molecule has 1 aliphatic rings. The van der Waals surface area contributed by atoms with Gasteiger partial charge in [-0.25, -0.2) is 6.57 Å². The van der Waals surface area contributed by atoms with Crippen molar-refractivity contribution in [1.82, 2.24) is 10.2 Å². The van der Waals surface area contributed by atoms with E-state index < -0.39 is 0 Å².